The second kappa shape index (κ2) is 7.72. The van der Waals surface area contributed by atoms with E-state index in [4.69, 9.17) is 9.47 Å². The lowest BCUT2D eigenvalue weighted by Crippen LogP contribution is -2.34. The van der Waals surface area contributed by atoms with Crippen molar-refractivity contribution < 1.29 is 13.9 Å². The van der Waals surface area contributed by atoms with Crippen LogP contribution < -0.4 is 9.47 Å². The predicted molar refractivity (Wildman–Crippen MR) is 106 cm³/mol. The van der Waals surface area contributed by atoms with Crippen LogP contribution in [0.4, 0.5) is 4.39 Å². The van der Waals surface area contributed by atoms with Crippen LogP contribution in [0.5, 0.6) is 11.5 Å². The van der Waals surface area contributed by atoms with E-state index >= 15 is 0 Å². The summed E-state index contributed by atoms with van der Waals surface area (Å²) in [5.74, 6) is 2.45. The summed E-state index contributed by atoms with van der Waals surface area (Å²) in [5, 5.41) is 0. The molecule has 3 aliphatic heterocycles. The lowest BCUT2D eigenvalue weighted by atomic mass is 9.93. The van der Waals surface area contributed by atoms with Crippen molar-refractivity contribution in [2.45, 2.75) is 38.9 Å². The van der Waals surface area contributed by atoms with E-state index < -0.39 is 0 Å². The number of ether oxygens (including phenoxy) is 2. The van der Waals surface area contributed by atoms with Crippen LogP contribution in [0.1, 0.15) is 36.0 Å². The van der Waals surface area contributed by atoms with Gasteiger partial charge in [0.25, 0.3) is 0 Å². The van der Waals surface area contributed by atoms with E-state index in [0.717, 1.165) is 62.2 Å². The first-order chi connectivity index (χ1) is 13.7. The predicted octanol–water partition coefficient (Wildman–Crippen LogP) is 4.17. The summed E-state index contributed by atoms with van der Waals surface area (Å²) < 4.78 is 24.4. The highest BCUT2D eigenvalue weighted by Crippen LogP contribution is 2.38. The van der Waals surface area contributed by atoms with Crippen LogP contribution in [0.25, 0.3) is 0 Å². The smallest absolute Gasteiger partial charge is 0.231 e. The van der Waals surface area contributed by atoms with Gasteiger partial charge in [0.2, 0.25) is 6.79 Å². The van der Waals surface area contributed by atoms with Crippen molar-refractivity contribution in [3.05, 3.63) is 58.9 Å². The van der Waals surface area contributed by atoms with Crippen molar-refractivity contribution in [2.24, 2.45) is 5.92 Å². The minimum Gasteiger partial charge on any atom is -0.454 e. The van der Waals surface area contributed by atoms with Gasteiger partial charge in [-0.15, -0.1) is 0 Å². The molecule has 4 nitrogen and oxygen atoms in total. The van der Waals surface area contributed by atoms with Gasteiger partial charge in [-0.3, -0.25) is 9.80 Å². The van der Waals surface area contributed by atoms with Gasteiger partial charge in [0.15, 0.2) is 11.5 Å². The first-order valence-electron chi connectivity index (χ1n) is 10.3. The van der Waals surface area contributed by atoms with E-state index in [2.05, 4.69) is 21.9 Å². The highest BCUT2D eigenvalue weighted by molar-refractivity contribution is 5.49. The van der Waals surface area contributed by atoms with E-state index in [0.29, 0.717) is 6.79 Å². The first-order valence-corrected chi connectivity index (χ1v) is 10.3. The van der Waals surface area contributed by atoms with Crippen LogP contribution in [0, 0.1) is 11.7 Å². The monoisotopic (exact) mass is 382 g/mol. The SMILES string of the molecule is Fc1cccc(CN2CCC(CCN3Cc4cc5c(cc4C3)OCO5)CC2)c1. The van der Waals surface area contributed by atoms with Gasteiger partial charge in [0, 0.05) is 19.6 Å². The molecule has 2 aromatic carbocycles. The van der Waals surface area contributed by atoms with Crippen molar-refractivity contribution in [1.29, 1.82) is 0 Å². The summed E-state index contributed by atoms with van der Waals surface area (Å²) in [7, 11) is 0. The zero-order valence-electron chi connectivity index (χ0n) is 16.2. The molecule has 0 saturated carbocycles. The Kier molecular flexibility index (Phi) is 4.95. The Hall–Kier alpha value is -2.11. The molecule has 1 fully saturated rings. The largest absolute Gasteiger partial charge is 0.454 e. The van der Waals surface area contributed by atoms with E-state index in [-0.39, 0.29) is 5.82 Å². The molecule has 0 N–H and O–H groups in total. The molecule has 0 bridgehead atoms. The molecule has 5 heteroatoms. The number of hydrogen-bond acceptors (Lipinski definition) is 4. The van der Waals surface area contributed by atoms with Gasteiger partial charge in [0.1, 0.15) is 5.82 Å². The maximum absolute atomic E-state index is 13.4. The summed E-state index contributed by atoms with van der Waals surface area (Å²) in [6.07, 6.45) is 3.74. The molecule has 0 atom stereocenters. The molecular weight excluding hydrogens is 355 g/mol. The highest BCUT2D eigenvalue weighted by atomic mass is 19.1. The Balaban J connectivity index is 1.07. The number of nitrogens with zero attached hydrogens (tertiary/aromatic N) is 2. The molecule has 0 aromatic heterocycles. The van der Waals surface area contributed by atoms with E-state index in [1.54, 1.807) is 12.1 Å². The summed E-state index contributed by atoms with van der Waals surface area (Å²) in [5.41, 5.74) is 3.84. The molecule has 0 aliphatic carbocycles. The molecule has 2 aromatic rings. The second-order valence-corrected chi connectivity index (χ2v) is 8.32. The van der Waals surface area contributed by atoms with Crippen molar-refractivity contribution in [3.63, 3.8) is 0 Å². The van der Waals surface area contributed by atoms with Crippen LogP contribution in [0.15, 0.2) is 36.4 Å². The van der Waals surface area contributed by atoms with Gasteiger partial charge in [0.05, 0.1) is 0 Å². The Morgan fingerprint density at radius 2 is 1.64 bits per heavy atom. The molecular formula is C23H27FN2O2. The average Bonchev–Trinajstić information content (AvgIpc) is 3.31. The summed E-state index contributed by atoms with van der Waals surface area (Å²) in [4.78, 5) is 5.00. The normalized spacial score (nSPS) is 19.9. The van der Waals surface area contributed by atoms with Crippen LogP contribution in [-0.2, 0) is 19.6 Å². The van der Waals surface area contributed by atoms with Gasteiger partial charge in [-0.2, -0.15) is 0 Å². The number of fused-ring (bicyclic) bond motifs is 2. The molecule has 1 saturated heterocycles. The zero-order chi connectivity index (χ0) is 18.9. The topological polar surface area (TPSA) is 24.9 Å². The average molecular weight is 382 g/mol. The number of rotatable bonds is 5. The third kappa shape index (κ3) is 3.87. The third-order valence-corrected chi connectivity index (χ3v) is 6.34. The lowest BCUT2D eigenvalue weighted by molar-refractivity contribution is 0.157. The van der Waals surface area contributed by atoms with Crippen LogP contribution in [-0.4, -0.2) is 36.2 Å². The van der Waals surface area contributed by atoms with Gasteiger partial charge in [-0.25, -0.2) is 4.39 Å². The number of benzene rings is 2. The van der Waals surface area contributed by atoms with Crippen molar-refractivity contribution in [3.8, 4) is 11.5 Å². The highest BCUT2D eigenvalue weighted by Gasteiger charge is 2.25. The minimum atomic E-state index is -0.137. The van der Waals surface area contributed by atoms with Gasteiger partial charge < -0.3 is 9.47 Å². The van der Waals surface area contributed by atoms with Crippen LogP contribution in [0.2, 0.25) is 0 Å². The summed E-state index contributed by atoms with van der Waals surface area (Å²) >= 11 is 0. The molecule has 5 rings (SSSR count). The second-order valence-electron chi connectivity index (χ2n) is 8.32. The molecule has 3 heterocycles. The molecule has 0 unspecified atom stereocenters. The standard InChI is InChI=1S/C23H27FN2O2/c24-21-3-1-2-18(10-21)13-25-7-4-17(5-8-25)6-9-26-14-19-11-22-23(28-16-27-22)12-20(19)15-26/h1-3,10-12,17H,4-9,13-16H2. The Morgan fingerprint density at radius 1 is 0.929 bits per heavy atom. The number of halogens is 1. The Labute approximate surface area is 165 Å². The molecule has 0 spiro atoms. The van der Waals surface area contributed by atoms with Gasteiger partial charge in [-0.05, 0) is 85.8 Å². The maximum Gasteiger partial charge on any atom is 0.231 e. The molecule has 3 aliphatic rings. The number of hydrogen-bond donors (Lipinski definition) is 0. The molecule has 0 radical (unpaired) electrons. The summed E-state index contributed by atoms with van der Waals surface area (Å²) in [6, 6.07) is 11.3. The van der Waals surface area contributed by atoms with E-state index in [1.165, 1.54) is 36.5 Å². The van der Waals surface area contributed by atoms with Crippen LogP contribution in [0.3, 0.4) is 0 Å². The van der Waals surface area contributed by atoms with Crippen molar-refractivity contribution in [1.82, 2.24) is 9.80 Å². The fraction of sp³-hybridized carbons (Fsp3) is 0.478. The quantitative estimate of drug-likeness (QED) is 0.775. The maximum atomic E-state index is 13.4. The molecule has 28 heavy (non-hydrogen) atoms. The Bertz CT molecular complexity index is 815. The van der Waals surface area contributed by atoms with E-state index in [1.807, 2.05) is 6.07 Å². The minimum absolute atomic E-state index is 0.137. The molecule has 148 valence electrons. The van der Waals surface area contributed by atoms with Gasteiger partial charge >= 0.3 is 0 Å². The van der Waals surface area contributed by atoms with Crippen molar-refractivity contribution in [2.75, 3.05) is 26.4 Å². The first kappa shape index (κ1) is 18.0. The fourth-order valence-corrected chi connectivity index (χ4v) is 4.71. The summed E-state index contributed by atoms with van der Waals surface area (Å²) in [6.45, 7) is 6.62. The number of likely N-dealkylation sites (tertiary alicyclic amines) is 1. The third-order valence-electron chi connectivity index (χ3n) is 6.34. The van der Waals surface area contributed by atoms with E-state index in [9.17, 15) is 4.39 Å². The molecule has 0 amide bonds. The van der Waals surface area contributed by atoms with Gasteiger partial charge in [-0.1, -0.05) is 12.1 Å². The van der Waals surface area contributed by atoms with Crippen molar-refractivity contribution >= 4 is 0 Å². The fourth-order valence-electron chi connectivity index (χ4n) is 4.71. The van der Waals surface area contributed by atoms with Crippen LogP contribution >= 0.6 is 0 Å². The lowest BCUT2D eigenvalue weighted by Gasteiger charge is -2.32. The zero-order valence-corrected chi connectivity index (χ0v) is 16.2. The number of piperidine rings is 1. The Morgan fingerprint density at radius 3 is 2.32 bits per heavy atom.